The highest BCUT2D eigenvalue weighted by molar-refractivity contribution is 5.81. The average molecular weight is 414 g/mol. The Hall–Kier alpha value is -2.07. The van der Waals surface area contributed by atoms with Crippen molar-refractivity contribution in [3.05, 3.63) is 29.8 Å². The number of benzene rings is 1. The van der Waals surface area contributed by atoms with E-state index in [1.165, 1.54) is 0 Å². The van der Waals surface area contributed by atoms with E-state index < -0.39 is 0 Å². The Balaban J connectivity index is 1.43. The zero-order valence-electron chi connectivity index (χ0n) is 18.1. The van der Waals surface area contributed by atoms with Crippen LogP contribution in [0.1, 0.15) is 37.7 Å². The normalized spacial score (nSPS) is 20.6. The molecule has 2 saturated heterocycles. The maximum absolute atomic E-state index is 12.7. The van der Waals surface area contributed by atoms with E-state index in [9.17, 15) is 4.79 Å². The molecule has 0 spiro atoms. The van der Waals surface area contributed by atoms with E-state index in [0.29, 0.717) is 25.7 Å². The lowest BCUT2D eigenvalue weighted by Gasteiger charge is -2.33. The quantitative estimate of drug-likeness (QED) is 0.630. The van der Waals surface area contributed by atoms with Crippen molar-refractivity contribution in [1.29, 1.82) is 0 Å². The van der Waals surface area contributed by atoms with Gasteiger partial charge < -0.3 is 14.8 Å². The van der Waals surface area contributed by atoms with E-state index >= 15 is 0 Å². The van der Waals surface area contributed by atoms with Crippen LogP contribution in [-0.4, -0.2) is 74.3 Å². The fraction of sp³-hybridized carbons (Fsp3) is 0.625. The minimum Gasteiger partial charge on any atom is -0.492 e. The van der Waals surface area contributed by atoms with Gasteiger partial charge in [0, 0.05) is 32.3 Å². The van der Waals surface area contributed by atoms with E-state index in [1.54, 1.807) is 0 Å². The van der Waals surface area contributed by atoms with Crippen LogP contribution in [0.2, 0.25) is 0 Å². The molecule has 0 aromatic heterocycles. The van der Waals surface area contributed by atoms with E-state index in [4.69, 9.17) is 15.9 Å². The lowest BCUT2D eigenvalue weighted by Crippen LogP contribution is -2.49. The summed E-state index contributed by atoms with van der Waals surface area (Å²) in [5.74, 6) is 3.58. The second kappa shape index (κ2) is 11.9. The van der Waals surface area contributed by atoms with E-state index in [-0.39, 0.29) is 11.9 Å². The maximum atomic E-state index is 12.7. The van der Waals surface area contributed by atoms with Gasteiger partial charge in [0.25, 0.3) is 0 Å². The zero-order chi connectivity index (χ0) is 21.2. The van der Waals surface area contributed by atoms with Gasteiger partial charge in [-0.3, -0.25) is 14.6 Å². The molecule has 1 atom stereocenters. The lowest BCUT2D eigenvalue weighted by molar-refractivity contribution is -0.127. The number of carbonyl (C=O) groups is 1. The topological polar surface area (TPSA) is 54.0 Å². The summed E-state index contributed by atoms with van der Waals surface area (Å²) >= 11 is 0. The lowest BCUT2D eigenvalue weighted by atomic mass is 10.0. The summed E-state index contributed by atoms with van der Waals surface area (Å²) in [4.78, 5) is 17.1. The number of likely N-dealkylation sites (N-methyl/N-ethyl adjacent to an activating group) is 1. The Morgan fingerprint density at radius 1 is 1.33 bits per heavy atom. The number of ether oxygens (including phenoxy) is 2. The number of hydrogen-bond acceptors (Lipinski definition) is 5. The van der Waals surface area contributed by atoms with Crippen LogP contribution in [-0.2, 0) is 16.1 Å². The third kappa shape index (κ3) is 6.73. The largest absolute Gasteiger partial charge is 0.492 e. The minimum atomic E-state index is -0.116. The molecular weight excluding hydrogens is 378 g/mol. The monoisotopic (exact) mass is 413 g/mol. The first-order valence-electron chi connectivity index (χ1n) is 11.1. The van der Waals surface area contributed by atoms with Gasteiger partial charge in [-0.15, -0.1) is 6.42 Å². The van der Waals surface area contributed by atoms with Crippen molar-refractivity contribution in [2.75, 3.05) is 46.5 Å². The molecule has 3 rings (SSSR count). The van der Waals surface area contributed by atoms with Crippen molar-refractivity contribution in [3.8, 4) is 18.1 Å². The SMILES string of the molecule is C#CCN1CCCCC1C(=O)NCc1cccc(OCCN(C)C2CCOCC2)c1. The number of likely N-dealkylation sites (tertiary alicyclic amines) is 1. The number of terminal acetylenes is 1. The molecule has 6 nitrogen and oxygen atoms in total. The van der Waals surface area contributed by atoms with Crippen LogP contribution in [0, 0.1) is 12.3 Å². The first-order chi connectivity index (χ1) is 14.7. The van der Waals surface area contributed by atoms with E-state index in [1.807, 2.05) is 24.3 Å². The van der Waals surface area contributed by atoms with Crippen LogP contribution < -0.4 is 10.1 Å². The average Bonchev–Trinajstić information content (AvgIpc) is 2.79. The van der Waals surface area contributed by atoms with Crippen molar-refractivity contribution >= 4 is 5.91 Å². The molecule has 0 bridgehead atoms. The van der Waals surface area contributed by atoms with Crippen molar-refractivity contribution in [2.24, 2.45) is 0 Å². The third-order valence-electron chi connectivity index (χ3n) is 6.10. The van der Waals surface area contributed by atoms with Crippen LogP contribution in [0.15, 0.2) is 24.3 Å². The number of rotatable bonds is 9. The smallest absolute Gasteiger partial charge is 0.237 e. The highest BCUT2D eigenvalue weighted by Crippen LogP contribution is 2.18. The second-order valence-electron chi connectivity index (χ2n) is 8.22. The van der Waals surface area contributed by atoms with Crippen LogP contribution in [0.25, 0.3) is 0 Å². The van der Waals surface area contributed by atoms with Gasteiger partial charge in [0.15, 0.2) is 0 Å². The summed E-state index contributed by atoms with van der Waals surface area (Å²) in [6.07, 6.45) is 10.7. The Labute approximate surface area is 180 Å². The molecular formula is C24H35N3O3. The van der Waals surface area contributed by atoms with Gasteiger partial charge in [0.2, 0.25) is 5.91 Å². The number of nitrogens with one attached hydrogen (secondary N) is 1. The first kappa shape index (κ1) is 22.6. The molecule has 6 heteroatoms. The van der Waals surface area contributed by atoms with Gasteiger partial charge in [-0.2, -0.15) is 0 Å². The third-order valence-corrected chi connectivity index (χ3v) is 6.10. The minimum absolute atomic E-state index is 0.0642. The second-order valence-corrected chi connectivity index (χ2v) is 8.22. The van der Waals surface area contributed by atoms with Crippen LogP contribution >= 0.6 is 0 Å². The summed E-state index contributed by atoms with van der Waals surface area (Å²) in [7, 11) is 2.15. The summed E-state index contributed by atoms with van der Waals surface area (Å²) < 4.78 is 11.4. The Morgan fingerprint density at radius 3 is 2.97 bits per heavy atom. The Bertz CT molecular complexity index is 712. The van der Waals surface area contributed by atoms with Gasteiger partial charge in [-0.1, -0.05) is 24.5 Å². The predicted molar refractivity (Wildman–Crippen MR) is 118 cm³/mol. The summed E-state index contributed by atoms with van der Waals surface area (Å²) in [6.45, 7) is 5.16. The van der Waals surface area contributed by atoms with Gasteiger partial charge in [0.05, 0.1) is 12.6 Å². The number of piperidine rings is 1. The van der Waals surface area contributed by atoms with Crippen molar-refractivity contribution in [1.82, 2.24) is 15.1 Å². The van der Waals surface area contributed by atoms with E-state index in [0.717, 1.165) is 69.7 Å². The predicted octanol–water partition coefficient (Wildman–Crippen LogP) is 2.28. The van der Waals surface area contributed by atoms with Crippen molar-refractivity contribution in [2.45, 2.75) is 50.7 Å². The molecule has 2 aliphatic heterocycles. The standard InChI is InChI=1S/C24H35N3O3/c1-3-12-27-13-5-4-9-23(27)24(28)25-19-20-7-6-8-22(18-20)30-17-14-26(2)21-10-15-29-16-11-21/h1,6-8,18,21,23H,4-5,9-17,19H2,2H3,(H,25,28). The zero-order valence-corrected chi connectivity index (χ0v) is 18.1. The van der Waals surface area contributed by atoms with Crippen LogP contribution in [0.3, 0.4) is 0 Å². The molecule has 30 heavy (non-hydrogen) atoms. The molecule has 2 heterocycles. The molecule has 2 fully saturated rings. The molecule has 0 saturated carbocycles. The first-order valence-corrected chi connectivity index (χ1v) is 11.1. The van der Waals surface area contributed by atoms with Crippen molar-refractivity contribution < 1.29 is 14.3 Å². The molecule has 1 aromatic carbocycles. The summed E-state index contributed by atoms with van der Waals surface area (Å²) in [6, 6.07) is 8.43. The number of amides is 1. The number of hydrogen-bond donors (Lipinski definition) is 1. The fourth-order valence-corrected chi connectivity index (χ4v) is 4.26. The maximum Gasteiger partial charge on any atom is 0.237 e. The van der Waals surface area contributed by atoms with Crippen LogP contribution in [0.5, 0.6) is 5.75 Å². The van der Waals surface area contributed by atoms with Crippen LogP contribution in [0.4, 0.5) is 0 Å². The van der Waals surface area contributed by atoms with Gasteiger partial charge >= 0.3 is 0 Å². The Morgan fingerprint density at radius 2 is 2.17 bits per heavy atom. The highest BCUT2D eigenvalue weighted by Gasteiger charge is 2.27. The summed E-state index contributed by atoms with van der Waals surface area (Å²) in [5, 5.41) is 3.08. The van der Waals surface area contributed by atoms with Crippen molar-refractivity contribution in [3.63, 3.8) is 0 Å². The van der Waals surface area contributed by atoms with Gasteiger partial charge in [-0.25, -0.2) is 0 Å². The number of nitrogens with zero attached hydrogens (tertiary/aromatic N) is 2. The molecule has 1 amide bonds. The Kier molecular flexibility index (Phi) is 9.00. The molecule has 1 unspecified atom stereocenters. The molecule has 2 aliphatic rings. The molecule has 1 aromatic rings. The van der Waals surface area contributed by atoms with Gasteiger partial charge in [-0.05, 0) is 57.0 Å². The number of carbonyl (C=O) groups excluding carboxylic acids is 1. The van der Waals surface area contributed by atoms with E-state index in [2.05, 4.69) is 28.1 Å². The fourth-order valence-electron chi connectivity index (χ4n) is 4.26. The molecule has 0 aliphatic carbocycles. The highest BCUT2D eigenvalue weighted by atomic mass is 16.5. The molecule has 164 valence electrons. The summed E-state index contributed by atoms with van der Waals surface area (Å²) in [5.41, 5.74) is 1.04. The molecule has 1 N–H and O–H groups in total. The molecule has 0 radical (unpaired) electrons. The van der Waals surface area contributed by atoms with Gasteiger partial charge in [0.1, 0.15) is 12.4 Å².